The third-order valence-corrected chi connectivity index (χ3v) is 3.82. The maximum absolute atomic E-state index is 5.55. The fourth-order valence-corrected chi connectivity index (χ4v) is 2.64. The average Bonchev–Trinajstić information content (AvgIpc) is 2.79. The first kappa shape index (κ1) is 13.5. The number of ether oxygens (including phenoxy) is 1. The van der Waals surface area contributed by atoms with Gasteiger partial charge in [-0.25, -0.2) is 0 Å². The largest absolute Gasteiger partial charge is 0.379 e. The van der Waals surface area contributed by atoms with Crippen LogP contribution in [0.1, 0.15) is 11.1 Å². The zero-order valence-electron chi connectivity index (χ0n) is 11.6. The molecule has 0 aliphatic carbocycles. The van der Waals surface area contributed by atoms with Crippen LogP contribution in [0.4, 0.5) is 0 Å². The topological polar surface area (TPSA) is 24.5 Å². The number of nitrogens with one attached hydrogen (secondary N) is 1. The van der Waals surface area contributed by atoms with Crippen molar-refractivity contribution in [3.8, 4) is 0 Å². The monoisotopic (exact) mass is 248 g/mol. The van der Waals surface area contributed by atoms with E-state index in [1.165, 1.54) is 11.1 Å². The van der Waals surface area contributed by atoms with Crippen LogP contribution in [0.5, 0.6) is 0 Å². The highest BCUT2D eigenvalue weighted by molar-refractivity contribution is 5.25. The van der Waals surface area contributed by atoms with Crippen molar-refractivity contribution in [3.63, 3.8) is 0 Å². The zero-order valence-corrected chi connectivity index (χ0v) is 11.6. The van der Waals surface area contributed by atoms with Crippen molar-refractivity contribution in [1.82, 2.24) is 10.2 Å². The van der Waals surface area contributed by atoms with Gasteiger partial charge in [0.1, 0.15) is 0 Å². The van der Waals surface area contributed by atoms with Crippen LogP contribution < -0.4 is 5.32 Å². The normalized spacial score (nSPS) is 23.8. The van der Waals surface area contributed by atoms with Gasteiger partial charge in [0.2, 0.25) is 0 Å². The standard InChI is InChI=1S/C15H24N2O/c1-12-6-4-5-7-13(12)8-17(3)9-14-10-18-11-15(14)16-2/h4-7,14-16H,8-11H2,1-3H3. The molecule has 3 heteroatoms. The third-order valence-electron chi connectivity index (χ3n) is 3.82. The van der Waals surface area contributed by atoms with E-state index in [1.807, 2.05) is 7.05 Å². The summed E-state index contributed by atoms with van der Waals surface area (Å²) in [5.41, 5.74) is 2.79. The Kier molecular flexibility index (Phi) is 4.75. The molecule has 2 rings (SSSR count). The second-order valence-corrected chi connectivity index (χ2v) is 5.32. The van der Waals surface area contributed by atoms with E-state index in [-0.39, 0.29) is 0 Å². The minimum Gasteiger partial charge on any atom is -0.379 e. The summed E-state index contributed by atoms with van der Waals surface area (Å²) >= 11 is 0. The number of nitrogens with zero attached hydrogens (tertiary/aromatic N) is 1. The molecule has 18 heavy (non-hydrogen) atoms. The maximum Gasteiger partial charge on any atom is 0.0623 e. The SMILES string of the molecule is CNC1COCC1CN(C)Cc1ccccc1C. The van der Waals surface area contributed by atoms with Gasteiger partial charge in [-0.05, 0) is 32.1 Å². The van der Waals surface area contributed by atoms with Crippen molar-refractivity contribution < 1.29 is 4.74 Å². The molecule has 1 aliphatic heterocycles. The van der Waals surface area contributed by atoms with E-state index in [1.54, 1.807) is 0 Å². The molecule has 0 aromatic heterocycles. The second kappa shape index (κ2) is 6.32. The highest BCUT2D eigenvalue weighted by atomic mass is 16.5. The summed E-state index contributed by atoms with van der Waals surface area (Å²) in [6, 6.07) is 9.11. The molecule has 3 nitrogen and oxygen atoms in total. The zero-order chi connectivity index (χ0) is 13.0. The summed E-state index contributed by atoms with van der Waals surface area (Å²) in [6.07, 6.45) is 0. The van der Waals surface area contributed by atoms with Gasteiger partial charge in [-0.3, -0.25) is 0 Å². The van der Waals surface area contributed by atoms with E-state index < -0.39 is 0 Å². The number of aryl methyl sites for hydroxylation is 1. The van der Waals surface area contributed by atoms with E-state index in [4.69, 9.17) is 4.74 Å². The predicted octanol–water partition coefficient (Wildman–Crippen LogP) is 1.66. The lowest BCUT2D eigenvalue weighted by molar-refractivity contribution is 0.172. The van der Waals surface area contributed by atoms with E-state index >= 15 is 0 Å². The Hall–Kier alpha value is -0.900. The van der Waals surface area contributed by atoms with Gasteiger partial charge in [0, 0.05) is 25.0 Å². The Labute approximate surface area is 110 Å². The van der Waals surface area contributed by atoms with Gasteiger partial charge in [0.05, 0.1) is 13.2 Å². The summed E-state index contributed by atoms with van der Waals surface area (Å²) in [6.45, 7) is 6.00. The first-order valence-electron chi connectivity index (χ1n) is 6.68. The molecule has 1 N–H and O–H groups in total. The van der Waals surface area contributed by atoms with Gasteiger partial charge in [-0.1, -0.05) is 24.3 Å². The molecule has 100 valence electrons. The van der Waals surface area contributed by atoms with Gasteiger partial charge in [0.15, 0.2) is 0 Å². The molecule has 0 spiro atoms. The summed E-state index contributed by atoms with van der Waals surface area (Å²) in [7, 11) is 4.21. The van der Waals surface area contributed by atoms with Crippen molar-refractivity contribution in [2.75, 3.05) is 33.9 Å². The third kappa shape index (κ3) is 3.31. The molecular weight excluding hydrogens is 224 g/mol. The van der Waals surface area contributed by atoms with Crippen molar-refractivity contribution in [1.29, 1.82) is 0 Å². The molecule has 2 atom stereocenters. The number of hydrogen-bond acceptors (Lipinski definition) is 3. The Bertz CT molecular complexity index is 381. The first-order valence-corrected chi connectivity index (χ1v) is 6.68. The van der Waals surface area contributed by atoms with Crippen LogP contribution in [-0.4, -0.2) is 44.8 Å². The summed E-state index contributed by atoms with van der Waals surface area (Å²) in [5.74, 6) is 0.601. The lowest BCUT2D eigenvalue weighted by atomic mass is 10.0. The molecule has 0 saturated carbocycles. The molecule has 1 heterocycles. The van der Waals surface area contributed by atoms with E-state index in [2.05, 4.69) is 48.5 Å². The molecule has 0 bridgehead atoms. The lowest BCUT2D eigenvalue weighted by Crippen LogP contribution is -2.38. The first-order chi connectivity index (χ1) is 8.70. The van der Waals surface area contributed by atoms with Crippen LogP contribution in [0.3, 0.4) is 0 Å². The molecule has 0 amide bonds. The van der Waals surface area contributed by atoms with Crippen molar-refractivity contribution in [2.45, 2.75) is 19.5 Å². The lowest BCUT2D eigenvalue weighted by Gasteiger charge is -2.24. The maximum atomic E-state index is 5.55. The number of hydrogen-bond donors (Lipinski definition) is 1. The molecule has 1 saturated heterocycles. The van der Waals surface area contributed by atoms with Crippen molar-refractivity contribution >= 4 is 0 Å². The molecule has 1 aromatic carbocycles. The highest BCUT2D eigenvalue weighted by Crippen LogP contribution is 2.16. The minimum absolute atomic E-state index is 0.504. The summed E-state index contributed by atoms with van der Waals surface area (Å²) in [4.78, 5) is 2.39. The number of rotatable bonds is 5. The van der Waals surface area contributed by atoms with Crippen LogP contribution in [0.2, 0.25) is 0 Å². The Morgan fingerprint density at radius 2 is 2.11 bits per heavy atom. The van der Waals surface area contributed by atoms with E-state index in [0.717, 1.165) is 26.3 Å². The molecule has 1 aromatic rings. The second-order valence-electron chi connectivity index (χ2n) is 5.32. The number of benzene rings is 1. The van der Waals surface area contributed by atoms with Crippen LogP contribution in [-0.2, 0) is 11.3 Å². The highest BCUT2D eigenvalue weighted by Gasteiger charge is 2.27. The molecule has 0 radical (unpaired) electrons. The van der Waals surface area contributed by atoms with Crippen LogP contribution in [0.25, 0.3) is 0 Å². The van der Waals surface area contributed by atoms with E-state index in [0.29, 0.717) is 12.0 Å². The van der Waals surface area contributed by atoms with Gasteiger partial charge in [0.25, 0.3) is 0 Å². The van der Waals surface area contributed by atoms with Crippen molar-refractivity contribution in [2.24, 2.45) is 5.92 Å². The smallest absolute Gasteiger partial charge is 0.0623 e. The van der Waals surface area contributed by atoms with Gasteiger partial charge < -0.3 is 15.0 Å². The summed E-state index contributed by atoms with van der Waals surface area (Å²) < 4.78 is 5.55. The van der Waals surface area contributed by atoms with Gasteiger partial charge >= 0.3 is 0 Å². The fraction of sp³-hybridized carbons (Fsp3) is 0.600. The minimum atomic E-state index is 0.504. The molecule has 1 aliphatic rings. The predicted molar refractivity (Wildman–Crippen MR) is 74.7 cm³/mol. The number of likely N-dealkylation sites (N-methyl/N-ethyl adjacent to an activating group) is 1. The Morgan fingerprint density at radius 3 is 2.83 bits per heavy atom. The van der Waals surface area contributed by atoms with Crippen LogP contribution in [0, 0.1) is 12.8 Å². The Morgan fingerprint density at radius 1 is 1.33 bits per heavy atom. The van der Waals surface area contributed by atoms with Crippen LogP contribution in [0.15, 0.2) is 24.3 Å². The molecular formula is C15H24N2O. The van der Waals surface area contributed by atoms with E-state index in [9.17, 15) is 0 Å². The molecule has 1 fully saturated rings. The van der Waals surface area contributed by atoms with Crippen molar-refractivity contribution in [3.05, 3.63) is 35.4 Å². The Balaban J connectivity index is 1.89. The van der Waals surface area contributed by atoms with Gasteiger partial charge in [-0.15, -0.1) is 0 Å². The quantitative estimate of drug-likeness (QED) is 0.857. The molecule has 2 unspecified atom stereocenters. The van der Waals surface area contributed by atoms with Gasteiger partial charge in [-0.2, -0.15) is 0 Å². The van der Waals surface area contributed by atoms with Crippen LogP contribution >= 0.6 is 0 Å². The fourth-order valence-electron chi connectivity index (χ4n) is 2.64. The average molecular weight is 248 g/mol. The summed E-state index contributed by atoms with van der Waals surface area (Å²) in [5, 5.41) is 3.34.